The van der Waals surface area contributed by atoms with Crippen molar-refractivity contribution in [3.8, 4) is 5.75 Å². The first-order valence-electron chi connectivity index (χ1n) is 3.80. The second-order valence-electron chi connectivity index (χ2n) is 2.93. The Morgan fingerprint density at radius 3 is 3.00 bits per heavy atom. The molecule has 0 atom stereocenters. The van der Waals surface area contributed by atoms with Gasteiger partial charge in [-0.3, -0.25) is 4.79 Å². The summed E-state index contributed by atoms with van der Waals surface area (Å²) in [6.07, 6.45) is 0. The average Bonchev–Trinajstić information content (AvgIpc) is 2.41. The van der Waals surface area contributed by atoms with Crippen molar-refractivity contribution in [1.29, 1.82) is 0 Å². The van der Waals surface area contributed by atoms with Crippen LogP contribution in [0, 0.1) is 6.92 Å². The summed E-state index contributed by atoms with van der Waals surface area (Å²) in [6, 6.07) is 3.39. The number of hydrogen-bond donors (Lipinski definition) is 2. The van der Waals surface area contributed by atoms with Gasteiger partial charge in [0.1, 0.15) is 5.75 Å². The van der Waals surface area contributed by atoms with Crippen molar-refractivity contribution >= 4 is 5.91 Å². The summed E-state index contributed by atoms with van der Waals surface area (Å²) in [7, 11) is 0. The summed E-state index contributed by atoms with van der Waals surface area (Å²) in [6.45, 7) is 2.33. The van der Waals surface area contributed by atoms with E-state index in [2.05, 4.69) is 5.32 Å². The highest BCUT2D eigenvalue weighted by Crippen LogP contribution is 2.26. The number of rotatable bonds is 0. The van der Waals surface area contributed by atoms with Crippen LogP contribution in [0.3, 0.4) is 0 Å². The third-order valence-electron chi connectivity index (χ3n) is 2.19. The molecule has 0 saturated heterocycles. The number of aromatic hydroxyl groups is 1. The van der Waals surface area contributed by atoms with Crippen molar-refractivity contribution in [2.45, 2.75) is 13.5 Å². The second kappa shape index (κ2) is 2.24. The zero-order valence-electron chi connectivity index (χ0n) is 6.72. The Labute approximate surface area is 70.0 Å². The van der Waals surface area contributed by atoms with Gasteiger partial charge in [-0.05, 0) is 18.6 Å². The lowest BCUT2D eigenvalue weighted by atomic mass is 10.0. The van der Waals surface area contributed by atoms with E-state index in [1.54, 1.807) is 19.1 Å². The molecule has 1 aliphatic rings. The van der Waals surface area contributed by atoms with Gasteiger partial charge >= 0.3 is 0 Å². The molecule has 0 saturated carbocycles. The van der Waals surface area contributed by atoms with E-state index < -0.39 is 0 Å². The standard InChI is InChI=1S/C9H9NO2/c1-5-7(11)3-2-6-4-10-9(12)8(5)6/h2-3,11H,4H2,1H3,(H,10,12). The van der Waals surface area contributed by atoms with Gasteiger partial charge in [0.2, 0.25) is 0 Å². The van der Waals surface area contributed by atoms with E-state index in [1.165, 1.54) is 0 Å². The number of amides is 1. The molecule has 0 unspecified atom stereocenters. The molecule has 1 amide bonds. The second-order valence-corrected chi connectivity index (χ2v) is 2.93. The smallest absolute Gasteiger partial charge is 0.252 e. The maximum Gasteiger partial charge on any atom is 0.252 e. The van der Waals surface area contributed by atoms with Gasteiger partial charge in [-0.1, -0.05) is 6.07 Å². The molecule has 1 aromatic rings. The first kappa shape index (κ1) is 7.16. The van der Waals surface area contributed by atoms with Gasteiger partial charge in [0.05, 0.1) is 5.56 Å². The van der Waals surface area contributed by atoms with Crippen LogP contribution in [0.25, 0.3) is 0 Å². The number of nitrogens with one attached hydrogen (secondary N) is 1. The van der Waals surface area contributed by atoms with E-state index in [0.717, 1.165) is 5.56 Å². The number of carbonyl (C=O) groups is 1. The quantitative estimate of drug-likeness (QED) is 0.598. The first-order valence-corrected chi connectivity index (χ1v) is 3.80. The van der Waals surface area contributed by atoms with Crippen LogP contribution in [0.15, 0.2) is 12.1 Å². The molecule has 2 N–H and O–H groups in total. The van der Waals surface area contributed by atoms with Crippen LogP contribution < -0.4 is 5.32 Å². The highest BCUT2D eigenvalue weighted by Gasteiger charge is 2.21. The third-order valence-corrected chi connectivity index (χ3v) is 2.19. The number of phenols is 1. The highest BCUT2D eigenvalue weighted by atomic mass is 16.3. The summed E-state index contributed by atoms with van der Waals surface area (Å²) >= 11 is 0. The number of phenolic OH excluding ortho intramolecular Hbond substituents is 1. The largest absolute Gasteiger partial charge is 0.508 e. The molecular formula is C9H9NO2. The van der Waals surface area contributed by atoms with Crippen molar-refractivity contribution in [2.24, 2.45) is 0 Å². The van der Waals surface area contributed by atoms with Crippen LogP contribution >= 0.6 is 0 Å². The summed E-state index contributed by atoms with van der Waals surface area (Å²) in [5, 5.41) is 12.0. The van der Waals surface area contributed by atoms with Crippen molar-refractivity contribution in [3.05, 3.63) is 28.8 Å². The third kappa shape index (κ3) is 0.794. The van der Waals surface area contributed by atoms with Gasteiger partial charge in [0, 0.05) is 12.1 Å². The van der Waals surface area contributed by atoms with Crippen molar-refractivity contribution in [2.75, 3.05) is 0 Å². The SMILES string of the molecule is Cc1c(O)ccc2c1C(=O)NC2. The molecule has 1 aliphatic heterocycles. The van der Waals surface area contributed by atoms with Crippen LogP contribution in [-0.2, 0) is 6.54 Å². The van der Waals surface area contributed by atoms with Gasteiger partial charge in [0.15, 0.2) is 0 Å². The zero-order chi connectivity index (χ0) is 8.72. The Balaban J connectivity index is 2.71. The minimum Gasteiger partial charge on any atom is -0.508 e. The fraction of sp³-hybridized carbons (Fsp3) is 0.222. The highest BCUT2D eigenvalue weighted by molar-refractivity contribution is 6.00. The minimum absolute atomic E-state index is 0.0848. The summed E-state index contributed by atoms with van der Waals surface area (Å²) in [5.74, 6) is 0.101. The molecule has 3 nitrogen and oxygen atoms in total. The summed E-state index contributed by atoms with van der Waals surface area (Å²) in [5.41, 5.74) is 2.27. The molecule has 0 bridgehead atoms. The number of carbonyl (C=O) groups excluding carboxylic acids is 1. The Kier molecular flexibility index (Phi) is 1.33. The lowest BCUT2D eigenvalue weighted by molar-refractivity contribution is 0.0965. The molecule has 12 heavy (non-hydrogen) atoms. The fourth-order valence-corrected chi connectivity index (χ4v) is 1.48. The molecule has 1 aromatic carbocycles. The predicted octanol–water partition coefficient (Wildman–Crippen LogP) is 0.944. The van der Waals surface area contributed by atoms with E-state index in [0.29, 0.717) is 17.7 Å². The molecule has 1 heterocycles. The molecule has 0 fully saturated rings. The van der Waals surface area contributed by atoms with Crippen LogP contribution in [-0.4, -0.2) is 11.0 Å². The lowest BCUT2D eigenvalue weighted by Crippen LogP contribution is -2.13. The van der Waals surface area contributed by atoms with Crippen molar-refractivity contribution in [1.82, 2.24) is 5.32 Å². The van der Waals surface area contributed by atoms with E-state index in [1.807, 2.05) is 0 Å². The molecule has 0 aliphatic carbocycles. The fourth-order valence-electron chi connectivity index (χ4n) is 1.48. The lowest BCUT2D eigenvalue weighted by Gasteiger charge is -2.02. The Morgan fingerprint density at radius 2 is 2.25 bits per heavy atom. The molecular weight excluding hydrogens is 154 g/mol. The maximum absolute atomic E-state index is 11.2. The molecule has 0 spiro atoms. The minimum atomic E-state index is -0.0848. The van der Waals surface area contributed by atoms with Crippen molar-refractivity contribution in [3.63, 3.8) is 0 Å². The average molecular weight is 163 g/mol. The van der Waals surface area contributed by atoms with Crippen LogP contribution in [0.2, 0.25) is 0 Å². The molecule has 2 rings (SSSR count). The monoisotopic (exact) mass is 163 g/mol. The van der Waals surface area contributed by atoms with E-state index in [9.17, 15) is 9.90 Å². The van der Waals surface area contributed by atoms with Gasteiger partial charge in [-0.15, -0.1) is 0 Å². The van der Waals surface area contributed by atoms with E-state index in [4.69, 9.17) is 0 Å². The van der Waals surface area contributed by atoms with Crippen LogP contribution in [0.4, 0.5) is 0 Å². The summed E-state index contributed by atoms with van der Waals surface area (Å²) < 4.78 is 0. The van der Waals surface area contributed by atoms with Crippen LogP contribution in [0.5, 0.6) is 5.75 Å². The van der Waals surface area contributed by atoms with E-state index >= 15 is 0 Å². The normalized spacial score (nSPS) is 14.2. The van der Waals surface area contributed by atoms with E-state index in [-0.39, 0.29) is 11.7 Å². The molecule has 0 aromatic heterocycles. The summed E-state index contributed by atoms with van der Waals surface area (Å²) in [4.78, 5) is 11.2. The molecule has 3 heteroatoms. The van der Waals surface area contributed by atoms with Crippen LogP contribution in [0.1, 0.15) is 21.5 Å². The van der Waals surface area contributed by atoms with Gasteiger partial charge in [0.25, 0.3) is 5.91 Å². The molecule has 62 valence electrons. The number of benzene rings is 1. The number of hydrogen-bond acceptors (Lipinski definition) is 2. The Hall–Kier alpha value is -1.51. The maximum atomic E-state index is 11.2. The predicted molar refractivity (Wildman–Crippen MR) is 44.0 cm³/mol. The van der Waals surface area contributed by atoms with Crippen molar-refractivity contribution < 1.29 is 9.90 Å². The zero-order valence-corrected chi connectivity index (χ0v) is 6.72. The topological polar surface area (TPSA) is 49.3 Å². The number of fused-ring (bicyclic) bond motifs is 1. The molecule has 0 radical (unpaired) electrons. The Bertz CT molecular complexity index is 358. The Morgan fingerprint density at radius 1 is 1.50 bits per heavy atom. The first-order chi connectivity index (χ1) is 5.70. The van der Waals surface area contributed by atoms with Gasteiger partial charge in [-0.2, -0.15) is 0 Å². The van der Waals surface area contributed by atoms with Gasteiger partial charge in [-0.25, -0.2) is 0 Å². The van der Waals surface area contributed by atoms with Gasteiger partial charge < -0.3 is 10.4 Å².